The molecule has 1 aromatic heterocycles. The SMILES string of the molecule is CC(C)(C)[Si](C)(C)c1ncc(Br)n1-c1ccccc1. The molecule has 0 bridgehead atoms. The van der Waals surface area contributed by atoms with Gasteiger partial charge in [-0.1, -0.05) is 52.1 Å². The van der Waals surface area contributed by atoms with Crippen LogP contribution in [0.15, 0.2) is 41.1 Å². The van der Waals surface area contributed by atoms with Crippen molar-refractivity contribution >= 4 is 29.5 Å². The Bertz CT molecular complexity index is 568. The van der Waals surface area contributed by atoms with Gasteiger partial charge in [0.2, 0.25) is 0 Å². The Labute approximate surface area is 125 Å². The van der Waals surface area contributed by atoms with Crippen LogP contribution in [0.3, 0.4) is 0 Å². The predicted octanol–water partition coefficient (Wildman–Crippen LogP) is 4.35. The Morgan fingerprint density at radius 1 is 1.11 bits per heavy atom. The molecule has 1 aromatic carbocycles. The second-order valence-corrected chi connectivity index (χ2v) is 12.5. The number of hydrogen-bond donors (Lipinski definition) is 0. The lowest BCUT2D eigenvalue weighted by molar-refractivity contribution is 0.725. The molecule has 1 heterocycles. The second-order valence-electron chi connectivity index (χ2n) is 6.45. The minimum absolute atomic E-state index is 0.268. The van der Waals surface area contributed by atoms with Crippen LogP contribution in [0.2, 0.25) is 18.1 Å². The van der Waals surface area contributed by atoms with Crippen molar-refractivity contribution in [1.82, 2.24) is 9.55 Å². The maximum absolute atomic E-state index is 4.71. The fourth-order valence-electron chi connectivity index (χ4n) is 1.93. The van der Waals surface area contributed by atoms with Gasteiger partial charge < -0.3 is 0 Å². The summed E-state index contributed by atoms with van der Waals surface area (Å²) < 4.78 is 3.27. The fraction of sp³-hybridized carbons (Fsp3) is 0.400. The van der Waals surface area contributed by atoms with Gasteiger partial charge in [-0.2, -0.15) is 0 Å². The average Bonchev–Trinajstić information content (AvgIpc) is 2.71. The van der Waals surface area contributed by atoms with E-state index in [2.05, 4.69) is 78.6 Å². The minimum Gasteiger partial charge on any atom is -0.295 e. The molecule has 0 radical (unpaired) electrons. The predicted molar refractivity (Wildman–Crippen MR) is 88.1 cm³/mol. The van der Waals surface area contributed by atoms with E-state index in [1.54, 1.807) is 0 Å². The van der Waals surface area contributed by atoms with Crippen LogP contribution in [0.5, 0.6) is 0 Å². The van der Waals surface area contributed by atoms with Crippen molar-refractivity contribution in [3.63, 3.8) is 0 Å². The van der Waals surface area contributed by atoms with Crippen molar-refractivity contribution in [2.24, 2.45) is 0 Å². The smallest absolute Gasteiger partial charge is 0.132 e. The Morgan fingerprint density at radius 3 is 2.21 bits per heavy atom. The van der Waals surface area contributed by atoms with E-state index in [1.807, 2.05) is 12.3 Å². The van der Waals surface area contributed by atoms with Crippen molar-refractivity contribution < 1.29 is 0 Å². The first kappa shape index (κ1) is 14.5. The van der Waals surface area contributed by atoms with Crippen LogP contribution < -0.4 is 5.45 Å². The third-order valence-electron chi connectivity index (χ3n) is 4.17. The number of hydrogen-bond acceptors (Lipinski definition) is 1. The molecule has 0 saturated heterocycles. The van der Waals surface area contributed by atoms with Crippen molar-refractivity contribution in [2.75, 3.05) is 0 Å². The highest BCUT2D eigenvalue weighted by Crippen LogP contribution is 2.36. The number of benzene rings is 1. The van der Waals surface area contributed by atoms with E-state index in [1.165, 1.54) is 11.1 Å². The van der Waals surface area contributed by atoms with Crippen LogP contribution in [0, 0.1) is 0 Å². The van der Waals surface area contributed by atoms with Crippen molar-refractivity contribution in [2.45, 2.75) is 38.9 Å². The van der Waals surface area contributed by atoms with Gasteiger partial charge >= 0.3 is 0 Å². The summed E-state index contributed by atoms with van der Waals surface area (Å²) in [7, 11) is -1.67. The fourth-order valence-corrected chi connectivity index (χ4v) is 4.44. The van der Waals surface area contributed by atoms with Crippen LogP contribution in [-0.4, -0.2) is 17.6 Å². The van der Waals surface area contributed by atoms with Gasteiger partial charge in [-0.05, 0) is 33.1 Å². The molecule has 0 aliphatic rings. The molecule has 102 valence electrons. The monoisotopic (exact) mass is 336 g/mol. The van der Waals surface area contributed by atoms with E-state index >= 15 is 0 Å². The van der Waals surface area contributed by atoms with Crippen molar-refractivity contribution in [1.29, 1.82) is 0 Å². The van der Waals surface area contributed by atoms with E-state index in [9.17, 15) is 0 Å². The standard InChI is InChI=1S/C15H21BrN2Si/c1-15(2,3)19(4,5)14-17-11-13(16)18(14)12-9-7-6-8-10-12/h6-11H,1-5H3. The lowest BCUT2D eigenvalue weighted by atomic mass is 10.2. The lowest BCUT2D eigenvalue weighted by Gasteiger charge is -2.36. The third kappa shape index (κ3) is 2.56. The molecule has 0 saturated carbocycles. The maximum atomic E-state index is 4.71. The van der Waals surface area contributed by atoms with Crippen LogP contribution in [0.1, 0.15) is 20.8 Å². The number of halogens is 1. The molecule has 2 nitrogen and oxygen atoms in total. The molecule has 0 aliphatic carbocycles. The summed E-state index contributed by atoms with van der Waals surface area (Å²) in [5.41, 5.74) is 2.39. The van der Waals surface area contributed by atoms with Gasteiger partial charge in [0.1, 0.15) is 12.7 Å². The molecule has 0 spiro atoms. The topological polar surface area (TPSA) is 17.8 Å². The van der Waals surface area contributed by atoms with E-state index in [0.717, 1.165) is 4.60 Å². The highest BCUT2D eigenvalue weighted by Gasteiger charge is 2.41. The Kier molecular flexibility index (Phi) is 3.75. The number of nitrogens with zero attached hydrogens (tertiary/aromatic N) is 2. The highest BCUT2D eigenvalue weighted by atomic mass is 79.9. The first-order valence-electron chi connectivity index (χ1n) is 6.54. The number of para-hydroxylation sites is 1. The van der Waals surface area contributed by atoms with Gasteiger partial charge in [0, 0.05) is 5.69 Å². The van der Waals surface area contributed by atoms with Gasteiger partial charge in [-0.25, -0.2) is 4.98 Å². The van der Waals surface area contributed by atoms with Crippen LogP contribution in [-0.2, 0) is 0 Å². The summed E-state index contributed by atoms with van der Waals surface area (Å²) in [5, 5.41) is 0.268. The van der Waals surface area contributed by atoms with Gasteiger partial charge in [0.05, 0.1) is 11.6 Å². The molecular weight excluding hydrogens is 316 g/mol. The Hall–Kier alpha value is -0.873. The van der Waals surface area contributed by atoms with Gasteiger partial charge in [0.15, 0.2) is 0 Å². The highest BCUT2D eigenvalue weighted by molar-refractivity contribution is 9.10. The summed E-state index contributed by atoms with van der Waals surface area (Å²) in [6.07, 6.45) is 1.92. The molecule has 19 heavy (non-hydrogen) atoms. The molecule has 4 heteroatoms. The summed E-state index contributed by atoms with van der Waals surface area (Å²) in [4.78, 5) is 4.71. The average molecular weight is 337 g/mol. The Balaban J connectivity index is 2.63. The lowest BCUT2D eigenvalue weighted by Crippen LogP contribution is -2.53. The zero-order valence-electron chi connectivity index (χ0n) is 12.2. The largest absolute Gasteiger partial charge is 0.295 e. The van der Waals surface area contributed by atoms with Crippen LogP contribution >= 0.6 is 15.9 Å². The summed E-state index contributed by atoms with van der Waals surface area (Å²) in [6.45, 7) is 11.7. The van der Waals surface area contributed by atoms with E-state index < -0.39 is 8.07 Å². The molecule has 0 N–H and O–H groups in total. The molecule has 2 aromatic rings. The summed E-state index contributed by atoms with van der Waals surface area (Å²) >= 11 is 3.64. The van der Waals surface area contributed by atoms with Crippen molar-refractivity contribution in [3.05, 3.63) is 41.1 Å². The first-order valence-corrected chi connectivity index (χ1v) is 10.3. The van der Waals surface area contributed by atoms with E-state index in [4.69, 9.17) is 4.98 Å². The second kappa shape index (κ2) is 4.91. The zero-order chi connectivity index (χ0) is 14.3. The van der Waals surface area contributed by atoms with Gasteiger partial charge in [-0.15, -0.1) is 0 Å². The molecule has 0 aliphatic heterocycles. The van der Waals surface area contributed by atoms with Crippen molar-refractivity contribution in [3.8, 4) is 5.69 Å². The molecule has 0 atom stereocenters. The quantitative estimate of drug-likeness (QED) is 0.745. The first-order chi connectivity index (χ1) is 8.75. The molecule has 0 unspecified atom stereocenters. The van der Waals surface area contributed by atoms with Crippen LogP contribution in [0.4, 0.5) is 0 Å². The van der Waals surface area contributed by atoms with E-state index in [-0.39, 0.29) is 5.04 Å². The molecule has 0 amide bonds. The molecule has 2 rings (SSSR count). The van der Waals surface area contributed by atoms with Gasteiger partial charge in [-0.3, -0.25) is 4.57 Å². The minimum atomic E-state index is -1.67. The molecule has 0 fully saturated rings. The normalized spacial score (nSPS) is 12.7. The summed E-state index contributed by atoms with van der Waals surface area (Å²) in [5.74, 6) is 0. The van der Waals surface area contributed by atoms with E-state index in [0.29, 0.717) is 0 Å². The zero-order valence-corrected chi connectivity index (χ0v) is 14.8. The Morgan fingerprint density at radius 2 is 1.68 bits per heavy atom. The van der Waals surface area contributed by atoms with Crippen LogP contribution in [0.25, 0.3) is 5.69 Å². The maximum Gasteiger partial charge on any atom is 0.132 e. The van der Waals surface area contributed by atoms with Gasteiger partial charge in [0.25, 0.3) is 0 Å². The number of aromatic nitrogens is 2. The molecular formula is C15H21BrN2Si. The third-order valence-corrected chi connectivity index (χ3v) is 9.95. The summed E-state index contributed by atoms with van der Waals surface area (Å²) in [6, 6.07) is 10.4. The number of imidazole rings is 1. The number of rotatable bonds is 2.